The number of carbonyl (C=O) groups excluding carboxylic acids is 1. The molecule has 174 valence electrons. The van der Waals surface area contributed by atoms with E-state index < -0.39 is 10.0 Å². The fourth-order valence-corrected chi connectivity index (χ4v) is 8.51. The lowest BCUT2D eigenvalue weighted by atomic mass is 9.84. The lowest BCUT2D eigenvalue weighted by Crippen LogP contribution is -2.50. The third-order valence-electron chi connectivity index (χ3n) is 7.42. The van der Waals surface area contributed by atoms with Crippen LogP contribution in [0.25, 0.3) is 0 Å². The highest BCUT2D eigenvalue weighted by molar-refractivity contribution is 7.91. The Kier molecular flexibility index (Phi) is 7.64. The minimum Gasteiger partial charge on any atom is -0.342 e. The van der Waals surface area contributed by atoms with Crippen LogP contribution < -0.4 is 0 Å². The first kappa shape index (κ1) is 23.5. The van der Waals surface area contributed by atoms with Crippen molar-refractivity contribution in [2.24, 2.45) is 11.8 Å². The van der Waals surface area contributed by atoms with Gasteiger partial charge in [0.1, 0.15) is 4.21 Å². The van der Waals surface area contributed by atoms with Gasteiger partial charge < -0.3 is 9.80 Å². The van der Waals surface area contributed by atoms with Gasteiger partial charge in [-0.05, 0) is 69.7 Å². The number of hydrogen-bond donors (Lipinski definition) is 0. The molecule has 1 aromatic rings. The summed E-state index contributed by atoms with van der Waals surface area (Å²) in [5.41, 5.74) is 0. The van der Waals surface area contributed by atoms with Gasteiger partial charge in [0.25, 0.3) is 10.0 Å². The Bertz CT molecular complexity index is 853. The fraction of sp³-hybridized carbons (Fsp3) is 0.773. The van der Waals surface area contributed by atoms with E-state index in [1.54, 1.807) is 16.4 Å². The summed E-state index contributed by atoms with van der Waals surface area (Å²) in [5.74, 6) is 0.446. The molecule has 1 aromatic heterocycles. The molecule has 31 heavy (non-hydrogen) atoms. The summed E-state index contributed by atoms with van der Waals surface area (Å²) < 4.78 is 28.0. The lowest BCUT2D eigenvalue weighted by molar-refractivity contribution is -0.138. The van der Waals surface area contributed by atoms with Gasteiger partial charge in [0.15, 0.2) is 0 Å². The molecule has 1 amide bonds. The molecule has 6 nitrogen and oxygen atoms in total. The third kappa shape index (κ3) is 5.29. The quantitative estimate of drug-likeness (QED) is 0.631. The van der Waals surface area contributed by atoms with Crippen molar-refractivity contribution >= 4 is 38.9 Å². The molecule has 0 aliphatic carbocycles. The molecule has 4 heterocycles. The van der Waals surface area contributed by atoms with E-state index >= 15 is 0 Å². The number of hydrogen-bond acceptors (Lipinski definition) is 5. The van der Waals surface area contributed by atoms with Crippen LogP contribution in [0.2, 0.25) is 4.34 Å². The second-order valence-electron chi connectivity index (χ2n) is 9.24. The number of nitrogens with zero attached hydrogens (tertiary/aromatic N) is 3. The van der Waals surface area contributed by atoms with E-state index in [4.69, 9.17) is 11.6 Å². The summed E-state index contributed by atoms with van der Waals surface area (Å²) in [6.45, 7) is 7.12. The van der Waals surface area contributed by atoms with Crippen LogP contribution in [-0.4, -0.2) is 73.7 Å². The van der Waals surface area contributed by atoms with Crippen molar-refractivity contribution in [3.05, 3.63) is 16.5 Å². The molecule has 0 saturated carbocycles. The Morgan fingerprint density at radius 3 is 2.23 bits per heavy atom. The normalized spacial score (nSPS) is 24.4. The van der Waals surface area contributed by atoms with Crippen LogP contribution in [0.3, 0.4) is 0 Å². The molecule has 3 aliphatic rings. The van der Waals surface area contributed by atoms with Gasteiger partial charge in [-0.2, -0.15) is 4.31 Å². The minimum atomic E-state index is -3.48. The third-order valence-corrected chi connectivity index (χ3v) is 11.0. The Labute approximate surface area is 195 Å². The average Bonchev–Trinajstić information content (AvgIpc) is 3.26. The van der Waals surface area contributed by atoms with E-state index in [1.165, 1.54) is 32.4 Å². The maximum absolute atomic E-state index is 13.2. The van der Waals surface area contributed by atoms with Crippen molar-refractivity contribution < 1.29 is 13.2 Å². The molecule has 3 saturated heterocycles. The molecule has 4 rings (SSSR count). The molecule has 9 heteroatoms. The summed E-state index contributed by atoms with van der Waals surface area (Å²) in [5, 5.41) is 0. The Morgan fingerprint density at radius 1 is 1.00 bits per heavy atom. The smallest absolute Gasteiger partial charge is 0.252 e. The molecule has 3 aliphatic heterocycles. The van der Waals surface area contributed by atoms with Crippen molar-refractivity contribution in [1.82, 2.24) is 14.1 Å². The predicted molar refractivity (Wildman–Crippen MR) is 125 cm³/mol. The van der Waals surface area contributed by atoms with E-state index in [2.05, 4.69) is 9.80 Å². The summed E-state index contributed by atoms with van der Waals surface area (Å²) in [6.07, 6.45) is 7.60. The van der Waals surface area contributed by atoms with Crippen LogP contribution in [0.15, 0.2) is 16.3 Å². The second-order valence-corrected chi connectivity index (χ2v) is 13.1. The largest absolute Gasteiger partial charge is 0.342 e. The van der Waals surface area contributed by atoms with Gasteiger partial charge in [-0.3, -0.25) is 4.79 Å². The van der Waals surface area contributed by atoms with E-state index in [0.717, 1.165) is 50.1 Å². The number of halogens is 1. The highest BCUT2D eigenvalue weighted by atomic mass is 35.5. The van der Waals surface area contributed by atoms with Gasteiger partial charge in [0.2, 0.25) is 5.91 Å². The summed E-state index contributed by atoms with van der Waals surface area (Å²) >= 11 is 7.02. The first-order valence-electron chi connectivity index (χ1n) is 11.6. The lowest BCUT2D eigenvalue weighted by Gasteiger charge is -2.41. The van der Waals surface area contributed by atoms with Crippen LogP contribution in [0.5, 0.6) is 0 Å². The van der Waals surface area contributed by atoms with Crippen molar-refractivity contribution in [3.63, 3.8) is 0 Å². The highest BCUT2D eigenvalue weighted by Crippen LogP contribution is 2.33. The van der Waals surface area contributed by atoms with Crippen LogP contribution in [0.4, 0.5) is 0 Å². The molecule has 0 bridgehead atoms. The molecule has 0 unspecified atom stereocenters. The predicted octanol–water partition coefficient (Wildman–Crippen LogP) is 3.92. The van der Waals surface area contributed by atoms with Gasteiger partial charge in [0, 0.05) is 38.1 Å². The number of sulfonamides is 1. The number of likely N-dealkylation sites (tertiary alicyclic amines) is 2. The topological polar surface area (TPSA) is 60.9 Å². The molecule has 3 fully saturated rings. The monoisotopic (exact) mass is 487 g/mol. The number of carbonyl (C=O) groups is 1. The molecule has 0 aromatic carbocycles. The van der Waals surface area contributed by atoms with E-state index in [-0.39, 0.29) is 17.7 Å². The number of piperidine rings is 3. The van der Waals surface area contributed by atoms with Crippen LogP contribution in [0, 0.1) is 11.8 Å². The fourth-order valence-electron chi connectivity index (χ4n) is 5.40. The number of rotatable bonds is 5. The van der Waals surface area contributed by atoms with Crippen LogP contribution in [0.1, 0.15) is 51.9 Å². The summed E-state index contributed by atoms with van der Waals surface area (Å²) in [7, 11) is -3.48. The maximum Gasteiger partial charge on any atom is 0.252 e. The van der Waals surface area contributed by atoms with Gasteiger partial charge in [-0.25, -0.2) is 8.42 Å². The first-order chi connectivity index (χ1) is 14.9. The zero-order valence-electron chi connectivity index (χ0n) is 18.3. The first-order valence-corrected chi connectivity index (χ1v) is 14.3. The van der Waals surface area contributed by atoms with Crippen LogP contribution >= 0.6 is 22.9 Å². The van der Waals surface area contributed by atoms with E-state index in [9.17, 15) is 13.2 Å². The molecule has 0 spiro atoms. The van der Waals surface area contributed by atoms with E-state index in [0.29, 0.717) is 27.7 Å². The molecule has 1 atom stereocenters. The standard InChI is InChI=1S/C22H34ClN3O3S2/c1-17(22(27)25-13-9-19(10-14-25)24-11-3-2-4-12-24)18-7-15-26(16-8-18)31(28,29)21-6-5-20(23)30-21/h5-6,17-19H,2-4,7-16H2,1H3/t17-/m1/s1. The molecule has 0 radical (unpaired) electrons. The Morgan fingerprint density at radius 2 is 1.65 bits per heavy atom. The minimum absolute atomic E-state index is 0.0485. The van der Waals surface area contributed by atoms with Gasteiger partial charge in [-0.1, -0.05) is 24.9 Å². The summed E-state index contributed by atoms with van der Waals surface area (Å²) in [4.78, 5) is 17.8. The van der Waals surface area contributed by atoms with Crippen molar-refractivity contribution in [3.8, 4) is 0 Å². The van der Waals surface area contributed by atoms with Gasteiger partial charge in [0.05, 0.1) is 4.34 Å². The van der Waals surface area contributed by atoms with E-state index in [1.807, 2.05) is 6.92 Å². The molecular weight excluding hydrogens is 454 g/mol. The average molecular weight is 488 g/mol. The second kappa shape index (κ2) is 10.1. The molecule has 0 N–H and O–H groups in total. The maximum atomic E-state index is 13.2. The zero-order chi connectivity index (χ0) is 22.0. The number of thiophene rings is 1. The highest BCUT2D eigenvalue weighted by Gasteiger charge is 2.36. The van der Waals surface area contributed by atoms with Crippen molar-refractivity contribution in [1.29, 1.82) is 0 Å². The Balaban J connectivity index is 1.27. The SMILES string of the molecule is C[C@@H](C(=O)N1CCC(N2CCCCC2)CC1)C1CCN(S(=O)(=O)c2ccc(Cl)s2)CC1. The summed E-state index contributed by atoms with van der Waals surface area (Å²) in [6, 6.07) is 3.84. The Hall–Kier alpha value is -0.670. The number of amides is 1. The zero-order valence-corrected chi connectivity index (χ0v) is 20.7. The van der Waals surface area contributed by atoms with Crippen LogP contribution in [-0.2, 0) is 14.8 Å². The van der Waals surface area contributed by atoms with Crippen molar-refractivity contribution in [2.75, 3.05) is 39.3 Å². The molecular formula is C22H34ClN3O3S2. The van der Waals surface area contributed by atoms with Gasteiger partial charge in [-0.15, -0.1) is 11.3 Å². The van der Waals surface area contributed by atoms with Crippen molar-refractivity contribution in [2.45, 2.75) is 62.1 Å². The van der Waals surface area contributed by atoms with Gasteiger partial charge >= 0.3 is 0 Å².